The number of fused-ring (bicyclic) bond motifs is 2. The third kappa shape index (κ3) is 4.10. The molecule has 4 unspecified atom stereocenters. The number of sulfone groups is 2. The lowest BCUT2D eigenvalue weighted by Gasteiger charge is -2.24. The minimum atomic E-state index is -2.96. The number of nitrogens with zero attached hydrogens (tertiary/aromatic N) is 2. The standard InChI is InChI=1S/C16H26N4O4S4/c21-27(22)7-11-13(9-27)19(15(25)17-11)5-3-1-2-4-6-20-14-10-28(23,24)8-12(14)18-16(20)26/h11-14H,1-10H2,(H,17,25)(H,18,26). The summed E-state index contributed by atoms with van der Waals surface area (Å²) in [6.45, 7) is 1.55. The van der Waals surface area contributed by atoms with Crippen LogP contribution in [-0.2, 0) is 19.7 Å². The van der Waals surface area contributed by atoms with Crippen LogP contribution in [0.1, 0.15) is 25.7 Å². The minimum Gasteiger partial charge on any atom is -0.357 e. The molecular formula is C16H26N4O4S4. The van der Waals surface area contributed by atoms with Gasteiger partial charge in [-0.2, -0.15) is 0 Å². The van der Waals surface area contributed by atoms with Crippen molar-refractivity contribution >= 4 is 54.3 Å². The zero-order valence-corrected chi connectivity index (χ0v) is 18.8. The second kappa shape index (κ2) is 7.51. The summed E-state index contributed by atoms with van der Waals surface area (Å²) in [6, 6.07) is -0.160. The van der Waals surface area contributed by atoms with Crippen molar-refractivity contribution in [2.24, 2.45) is 0 Å². The molecule has 0 aliphatic carbocycles. The molecule has 4 fully saturated rings. The zero-order chi connectivity index (χ0) is 20.1. The summed E-state index contributed by atoms with van der Waals surface area (Å²) in [4.78, 5) is 4.08. The van der Waals surface area contributed by atoms with Gasteiger partial charge in [0.1, 0.15) is 0 Å². The van der Waals surface area contributed by atoms with Crippen LogP contribution in [0.15, 0.2) is 0 Å². The summed E-state index contributed by atoms with van der Waals surface area (Å²) < 4.78 is 47.3. The van der Waals surface area contributed by atoms with Gasteiger partial charge in [0.2, 0.25) is 0 Å². The van der Waals surface area contributed by atoms with Gasteiger partial charge in [-0.05, 0) is 37.3 Å². The van der Waals surface area contributed by atoms with Gasteiger partial charge in [-0.1, -0.05) is 12.8 Å². The van der Waals surface area contributed by atoms with Crippen LogP contribution in [0.2, 0.25) is 0 Å². The highest BCUT2D eigenvalue weighted by Gasteiger charge is 2.47. The average Bonchev–Trinajstić information content (AvgIpc) is 3.20. The van der Waals surface area contributed by atoms with E-state index in [1.165, 1.54) is 0 Å². The number of thiocarbonyl (C=S) groups is 2. The lowest BCUT2D eigenvalue weighted by atomic mass is 10.1. The normalized spacial score (nSPS) is 35.0. The Balaban J connectivity index is 1.18. The molecule has 8 nitrogen and oxygen atoms in total. The monoisotopic (exact) mass is 466 g/mol. The molecule has 28 heavy (non-hydrogen) atoms. The molecule has 4 atom stereocenters. The van der Waals surface area contributed by atoms with Gasteiger partial charge >= 0.3 is 0 Å². The summed E-state index contributed by atoms with van der Waals surface area (Å²) in [5.74, 6) is 0.733. The zero-order valence-electron chi connectivity index (χ0n) is 15.5. The quantitative estimate of drug-likeness (QED) is 0.369. The van der Waals surface area contributed by atoms with E-state index >= 15 is 0 Å². The van der Waals surface area contributed by atoms with Crippen LogP contribution in [0, 0.1) is 0 Å². The summed E-state index contributed by atoms with van der Waals surface area (Å²) in [5.41, 5.74) is 0. The van der Waals surface area contributed by atoms with Crippen LogP contribution < -0.4 is 10.6 Å². The Labute approximate surface area is 177 Å². The number of hydrogen-bond donors (Lipinski definition) is 2. The Kier molecular flexibility index (Phi) is 5.51. The molecule has 0 aromatic carbocycles. The van der Waals surface area contributed by atoms with E-state index in [-0.39, 0.29) is 47.2 Å². The fraction of sp³-hybridized carbons (Fsp3) is 0.875. The molecule has 0 radical (unpaired) electrons. The molecule has 4 saturated heterocycles. The fourth-order valence-corrected chi connectivity index (χ4v) is 9.38. The van der Waals surface area contributed by atoms with Gasteiger partial charge in [0.25, 0.3) is 0 Å². The van der Waals surface area contributed by atoms with Crippen molar-refractivity contribution in [3.63, 3.8) is 0 Å². The van der Waals surface area contributed by atoms with E-state index < -0.39 is 19.7 Å². The molecule has 4 heterocycles. The van der Waals surface area contributed by atoms with Gasteiger partial charge in [0, 0.05) is 13.1 Å². The van der Waals surface area contributed by atoms with Crippen LogP contribution >= 0.6 is 24.4 Å². The fourth-order valence-electron chi connectivity index (χ4n) is 4.78. The first kappa shape index (κ1) is 20.5. The van der Waals surface area contributed by atoms with Gasteiger partial charge in [-0.15, -0.1) is 0 Å². The Morgan fingerprint density at radius 3 is 1.50 bits per heavy atom. The largest absolute Gasteiger partial charge is 0.357 e. The third-order valence-corrected chi connectivity index (χ3v) is 10.3. The van der Waals surface area contributed by atoms with E-state index in [1.54, 1.807) is 0 Å². The molecule has 0 amide bonds. The molecule has 0 spiro atoms. The van der Waals surface area contributed by atoms with Crippen molar-refractivity contribution in [3.8, 4) is 0 Å². The smallest absolute Gasteiger partial charge is 0.169 e. The van der Waals surface area contributed by atoms with Crippen LogP contribution in [-0.4, -0.2) is 97.1 Å². The first-order chi connectivity index (χ1) is 13.2. The maximum atomic E-state index is 11.8. The third-order valence-electron chi connectivity index (χ3n) is 6.13. The molecule has 0 bridgehead atoms. The molecule has 2 N–H and O–H groups in total. The molecular weight excluding hydrogens is 440 g/mol. The minimum absolute atomic E-state index is 0.0215. The molecule has 0 aromatic heterocycles. The van der Waals surface area contributed by atoms with E-state index in [2.05, 4.69) is 10.6 Å². The SMILES string of the molecule is O=S1(=O)CC2NC(=S)N(CCCCCCN3C(=S)NC4CS(=O)(=O)CC43)C2C1. The maximum absolute atomic E-state index is 11.8. The highest BCUT2D eigenvalue weighted by Crippen LogP contribution is 2.26. The number of hydrogen-bond acceptors (Lipinski definition) is 6. The van der Waals surface area contributed by atoms with Gasteiger partial charge in [-0.25, -0.2) is 16.8 Å². The average molecular weight is 467 g/mol. The van der Waals surface area contributed by atoms with E-state index in [0.29, 0.717) is 10.2 Å². The van der Waals surface area contributed by atoms with Crippen LogP contribution in [0.4, 0.5) is 0 Å². The summed E-state index contributed by atoms with van der Waals surface area (Å²) in [5, 5.41) is 7.64. The summed E-state index contributed by atoms with van der Waals surface area (Å²) >= 11 is 10.7. The number of nitrogens with one attached hydrogen (secondary N) is 2. The van der Waals surface area contributed by atoms with Crippen molar-refractivity contribution in [1.82, 2.24) is 20.4 Å². The summed E-state index contributed by atoms with van der Waals surface area (Å²) in [7, 11) is -5.92. The first-order valence-corrected chi connectivity index (χ1v) is 14.2. The van der Waals surface area contributed by atoms with E-state index in [4.69, 9.17) is 24.4 Å². The van der Waals surface area contributed by atoms with Crippen molar-refractivity contribution < 1.29 is 16.8 Å². The van der Waals surface area contributed by atoms with Gasteiger partial charge in [0.15, 0.2) is 29.9 Å². The molecule has 4 aliphatic heterocycles. The Morgan fingerprint density at radius 1 is 0.714 bits per heavy atom. The van der Waals surface area contributed by atoms with Crippen molar-refractivity contribution in [2.45, 2.75) is 49.9 Å². The van der Waals surface area contributed by atoms with Crippen LogP contribution in [0.5, 0.6) is 0 Å². The van der Waals surface area contributed by atoms with Crippen molar-refractivity contribution in [3.05, 3.63) is 0 Å². The van der Waals surface area contributed by atoms with E-state index in [0.717, 1.165) is 38.8 Å². The van der Waals surface area contributed by atoms with Gasteiger partial charge in [0.05, 0.1) is 47.2 Å². The number of rotatable bonds is 7. The second-order valence-electron chi connectivity index (χ2n) is 8.20. The van der Waals surface area contributed by atoms with Crippen LogP contribution in [0.3, 0.4) is 0 Å². The highest BCUT2D eigenvalue weighted by atomic mass is 32.2. The maximum Gasteiger partial charge on any atom is 0.169 e. The van der Waals surface area contributed by atoms with E-state index in [1.807, 2.05) is 9.80 Å². The molecule has 4 rings (SSSR count). The Morgan fingerprint density at radius 2 is 1.11 bits per heavy atom. The Bertz CT molecular complexity index is 803. The molecule has 158 valence electrons. The Hall–Kier alpha value is -0.720. The van der Waals surface area contributed by atoms with Crippen molar-refractivity contribution in [2.75, 3.05) is 36.1 Å². The molecule has 12 heteroatoms. The molecule has 4 aliphatic rings. The lowest BCUT2D eigenvalue weighted by molar-refractivity contribution is 0.331. The van der Waals surface area contributed by atoms with Crippen LogP contribution in [0.25, 0.3) is 0 Å². The predicted octanol–water partition coefficient (Wildman–Crippen LogP) is -0.742. The lowest BCUT2D eigenvalue weighted by Crippen LogP contribution is -2.38. The predicted molar refractivity (Wildman–Crippen MR) is 116 cm³/mol. The van der Waals surface area contributed by atoms with Gasteiger partial charge < -0.3 is 20.4 Å². The molecule has 0 aromatic rings. The topological polar surface area (TPSA) is 98.8 Å². The van der Waals surface area contributed by atoms with Gasteiger partial charge in [-0.3, -0.25) is 0 Å². The second-order valence-corrected chi connectivity index (χ2v) is 13.3. The van der Waals surface area contributed by atoms with Crippen molar-refractivity contribution in [1.29, 1.82) is 0 Å². The highest BCUT2D eigenvalue weighted by molar-refractivity contribution is 7.92. The van der Waals surface area contributed by atoms with E-state index in [9.17, 15) is 16.8 Å². The molecule has 0 saturated carbocycles. The first-order valence-electron chi connectivity index (χ1n) is 9.70. The summed E-state index contributed by atoms with van der Waals surface area (Å²) in [6.07, 6.45) is 3.94. The number of unbranched alkanes of at least 4 members (excludes halogenated alkanes) is 3.